The molecule has 0 heterocycles. The van der Waals surface area contributed by atoms with Crippen LogP contribution in [0.15, 0.2) is 30.3 Å². The molecule has 1 aromatic carbocycles. The molecule has 0 bridgehead atoms. The first-order chi connectivity index (χ1) is 8.40. The van der Waals surface area contributed by atoms with Gasteiger partial charge in [0, 0.05) is 6.42 Å². The number of hydrogen-bond acceptors (Lipinski definition) is 3. The van der Waals surface area contributed by atoms with E-state index in [4.69, 9.17) is 9.47 Å². The second-order valence-corrected chi connectivity index (χ2v) is 4.97. The molecule has 0 saturated carbocycles. The minimum absolute atomic E-state index is 0.387. The summed E-state index contributed by atoms with van der Waals surface area (Å²) >= 11 is 0. The highest BCUT2D eigenvalue weighted by Gasteiger charge is 2.19. The molecular formula is C14H21NO3. The zero-order chi connectivity index (χ0) is 13.6. The Kier molecular flexibility index (Phi) is 5.01. The van der Waals surface area contributed by atoms with Gasteiger partial charge in [0.05, 0.1) is 0 Å². The van der Waals surface area contributed by atoms with Crippen LogP contribution >= 0.6 is 0 Å². The Balaban J connectivity index is 2.50. The Bertz CT molecular complexity index is 370. The molecule has 100 valence electrons. The summed E-state index contributed by atoms with van der Waals surface area (Å²) in [5.41, 5.74) is -0.505. The van der Waals surface area contributed by atoms with Crippen molar-refractivity contribution in [3.05, 3.63) is 30.3 Å². The Morgan fingerprint density at radius 1 is 1.28 bits per heavy atom. The lowest BCUT2D eigenvalue weighted by atomic mass is 10.2. The maximum atomic E-state index is 11.6. The third-order valence-electron chi connectivity index (χ3n) is 2.07. The van der Waals surface area contributed by atoms with Crippen LogP contribution in [0.4, 0.5) is 4.79 Å². The number of para-hydroxylation sites is 1. The van der Waals surface area contributed by atoms with Gasteiger partial charge in [0.25, 0.3) is 0 Å². The maximum absolute atomic E-state index is 11.6. The molecule has 1 amide bonds. The summed E-state index contributed by atoms with van der Waals surface area (Å²) in [4.78, 5) is 11.6. The summed E-state index contributed by atoms with van der Waals surface area (Å²) < 4.78 is 10.8. The number of carbonyl (C=O) groups excluding carboxylic acids is 1. The van der Waals surface area contributed by atoms with Crippen LogP contribution < -0.4 is 10.1 Å². The highest BCUT2D eigenvalue weighted by Crippen LogP contribution is 2.12. The molecule has 1 aromatic rings. The molecule has 0 spiro atoms. The van der Waals surface area contributed by atoms with Crippen LogP contribution in [0.5, 0.6) is 5.75 Å². The van der Waals surface area contributed by atoms with E-state index in [-0.39, 0.29) is 6.23 Å². The molecule has 18 heavy (non-hydrogen) atoms. The summed E-state index contributed by atoms with van der Waals surface area (Å²) in [6.45, 7) is 7.41. The molecule has 0 radical (unpaired) electrons. The first-order valence-electron chi connectivity index (χ1n) is 6.12. The van der Waals surface area contributed by atoms with Gasteiger partial charge in [0.2, 0.25) is 0 Å². The fourth-order valence-electron chi connectivity index (χ4n) is 1.32. The smallest absolute Gasteiger partial charge is 0.410 e. The van der Waals surface area contributed by atoms with E-state index in [9.17, 15) is 4.79 Å². The number of hydrogen-bond donors (Lipinski definition) is 1. The van der Waals surface area contributed by atoms with Gasteiger partial charge in [-0.2, -0.15) is 0 Å². The van der Waals surface area contributed by atoms with Crippen LogP contribution in [-0.4, -0.2) is 17.9 Å². The number of ether oxygens (including phenoxy) is 2. The van der Waals surface area contributed by atoms with Crippen molar-refractivity contribution < 1.29 is 14.3 Å². The summed E-state index contributed by atoms with van der Waals surface area (Å²) in [5.74, 6) is 0.723. The lowest BCUT2D eigenvalue weighted by molar-refractivity contribution is 0.0389. The van der Waals surface area contributed by atoms with Crippen molar-refractivity contribution in [3.63, 3.8) is 0 Å². The number of alkyl carbamates (subject to hydrolysis) is 1. The van der Waals surface area contributed by atoms with Crippen LogP contribution in [0.1, 0.15) is 34.1 Å². The van der Waals surface area contributed by atoms with Crippen molar-refractivity contribution in [2.75, 3.05) is 0 Å². The predicted octanol–water partition coefficient (Wildman–Crippen LogP) is 3.33. The van der Waals surface area contributed by atoms with Gasteiger partial charge in [-0.25, -0.2) is 4.79 Å². The molecule has 0 aromatic heterocycles. The summed E-state index contributed by atoms with van der Waals surface area (Å²) in [7, 11) is 0. The zero-order valence-electron chi connectivity index (χ0n) is 11.4. The second-order valence-electron chi connectivity index (χ2n) is 4.97. The van der Waals surface area contributed by atoms with Crippen molar-refractivity contribution in [1.82, 2.24) is 5.32 Å². The molecule has 0 aliphatic carbocycles. The largest absolute Gasteiger partial charge is 0.471 e. The van der Waals surface area contributed by atoms with Gasteiger partial charge in [0.15, 0.2) is 6.23 Å². The van der Waals surface area contributed by atoms with Gasteiger partial charge >= 0.3 is 6.09 Å². The van der Waals surface area contributed by atoms with E-state index in [1.54, 1.807) is 0 Å². The first kappa shape index (κ1) is 14.4. The highest BCUT2D eigenvalue weighted by molar-refractivity contribution is 5.67. The quantitative estimate of drug-likeness (QED) is 0.835. The minimum atomic E-state index is -0.505. The van der Waals surface area contributed by atoms with Crippen molar-refractivity contribution in [1.29, 1.82) is 0 Å². The van der Waals surface area contributed by atoms with E-state index in [1.807, 2.05) is 58.0 Å². The number of benzene rings is 1. The fraction of sp³-hybridized carbons (Fsp3) is 0.500. The average Bonchev–Trinajstić information content (AvgIpc) is 2.27. The van der Waals surface area contributed by atoms with Gasteiger partial charge in [0.1, 0.15) is 11.4 Å². The topological polar surface area (TPSA) is 47.6 Å². The lowest BCUT2D eigenvalue weighted by Crippen LogP contribution is -2.41. The van der Waals surface area contributed by atoms with Crippen LogP contribution in [0.3, 0.4) is 0 Å². The van der Waals surface area contributed by atoms with Crippen LogP contribution in [0.2, 0.25) is 0 Å². The number of carbonyl (C=O) groups is 1. The monoisotopic (exact) mass is 251 g/mol. The molecule has 0 saturated heterocycles. The second kappa shape index (κ2) is 6.28. The van der Waals surface area contributed by atoms with E-state index in [2.05, 4.69) is 5.32 Å². The van der Waals surface area contributed by atoms with E-state index in [0.29, 0.717) is 6.42 Å². The van der Waals surface area contributed by atoms with E-state index < -0.39 is 11.7 Å². The maximum Gasteiger partial charge on any atom is 0.410 e. The Morgan fingerprint density at radius 2 is 1.89 bits per heavy atom. The van der Waals surface area contributed by atoms with E-state index in [0.717, 1.165) is 5.75 Å². The van der Waals surface area contributed by atoms with Gasteiger partial charge in [-0.15, -0.1) is 0 Å². The summed E-state index contributed by atoms with van der Waals surface area (Å²) in [5, 5.41) is 2.69. The fourth-order valence-corrected chi connectivity index (χ4v) is 1.32. The number of amides is 1. The molecular weight excluding hydrogens is 230 g/mol. The molecule has 1 unspecified atom stereocenters. The van der Waals surface area contributed by atoms with Crippen LogP contribution in [-0.2, 0) is 4.74 Å². The van der Waals surface area contributed by atoms with Gasteiger partial charge in [-0.05, 0) is 32.9 Å². The van der Waals surface area contributed by atoms with Gasteiger partial charge < -0.3 is 9.47 Å². The van der Waals surface area contributed by atoms with Gasteiger partial charge in [-0.3, -0.25) is 5.32 Å². The molecule has 0 fully saturated rings. The number of rotatable bonds is 4. The standard InChI is InChI=1S/C14H21NO3/c1-5-12(15-13(16)18-14(2,3)4)17-11-9-7-6-8-10-11/h6-10,12H,5H2,1-4H3,(H,15,16). The van der Waals surface area contributed by atoms with Crippen molar-refractivity contribution in [3.8, 4) is 5.75 Å². The van der Waals surface area contributed by atoms with Crippen molar-refractivity contribution >= 4 is 6.09 Å². The zero-order valence-corrected chi connectivity index (χ0v) is 11.4. The summed E-state index contributed by atoms with van der Waals surface area (Å²) in [6, 6.07) is 9.37. The Hall–Kier alpha value is -1.71. The third kappa shape index (κ3) is 5.57. The third-order valence-corrected chi connectivity index (χ3v) is 2.07. The molecule has 0 aliphatic heterocycles. The molecule has 1 N–H and O–H groups in total. The molecule has 1 rings (SSSR count). The molecule has 1 atom stereocenters. The minimum Gasteiger partial charge on any atom is -0.471 e. The summed E-state index contributed by atoms with van der Waals surface area (Å²) in [6.07, 6.45) is -0.193. The normalized spacial score (nSPS) is 12.7. The SMILES string of the molecule is CCC(NC(=O)OC(C)(C)C)Oc1ccccc1. The Labute approximate surface area is 108 Å². The molecule has 4 nitrogen and oxygen atoms in total. The van der Waals surface area contributed by atoms with Gasteiger partial charge in [-0.1, -0.05) is 25.1 Å². The van der Waals surface area contributed by atoms with Crippen LogP contribution in [0.25, 0.3) is 0 Å². The van der Waals surface area contributed by atoms with E-state index in [1.165, 1.54) is 0 Å². The van der Waals surface area contributed by atoms with Crippen LogP contribution in [0, 0.1) is 0 Å². The lowest BCUT2D eigenvalue weighted by Gasteiger charge is -2.23. The Morgan fingerprint density at radius 3 is 2.39 bits per heavy atom. The molecule has 4 heteroatoms. The first-order valence-corrected chi connectivity index (χ1v) is 6.12. The highest BCUT2D eigenvalue weighted by atomic mass is 16.6. The molecule has 0 aliphatic rings. The average molecular weight is 251 g/mol. The van der Waals surface area contributed by atoms with Crippen molar-refractivity contribution in [2.45, 2.75) is 45.9 Å². The van der Waals surface area contributed by atoms with E-state index >= 15 is 0 Å². The number of nitrogens with one attached hydrogen (secondary N) is 1. The predicted molar refractivity (Wildman–Crippen MR) is 70.5 cm³/mol. The van der Waals surface area contributed by atoms with Crippen molar-refractivity contribution in [2.24, 2.45) is 0 Å².